The average molecular weight is 548 g/mol. The molecule has 5 rings (SSSR count). The number of aliphatic hydroxyl groups is 3. The van der Waals surface area contributed by atoms with E-state index in [9.17, 15) is 39.6 Å². The number of aliphatic hydroxyl groups excluding tert-OH is 2. The molecule has 11 nitrogen and oxygen atoms in total. The van der Waals surface area contributed by atoms with Gasteiger partial charge in [-0.05, 0) is 67.7 Å². The highest BCUT2D eigenvalue weighted by Crippen LogP contribution is 2.53. The lowest BCUT2D eigenvalue weighted by molar-refractivity contribution is -0.153. The van der Waals surface area contributed by atoms with E-state index >= 15 is 0 Å². The Balaban J connectivity index is 1.71. The van der Waals surface area contributed by atoms with Crippen LogP contribution in [0.5, 0.6) is 5.75 Å². The molecule has 2 aromatic carbocycles. The summed E-state index contributed by atoms with van der Waals surface area (Å²) in [5.41, 5.74) is 3.99. The number of phenols is 1. The fourth-order valence-corrected chi connectivity index (χ4v) is 6.48. The number of aromatic hydroxyl groups is 1. The quantitative estimate of drug-likeness (QED) is 0.309. The Bertz CT molecular complexity index is 1570. The van der Waals surface area contributed by atoms with Gasteiger partial charge in [-0.25, -0.2) is 0 Å². The number of likely N-dealkylation sites (N-methyl/N-ethyl adjacent to an activating group) is 1. The van der Waals surface area contributed by atoms with Crippen molar-refractivity contribution < 1.29 is 39.6 Å². The zero-order chi connectivity index (χ0) is 29.3. The molecule has 2 amide bonds. The van der Waals surface area contributed by atoms with Gasteiger partial charge in [0.15, 0.2) is 11.4 Å². The number of fused-ring (bicyclic) bond motifs is 3. The van der Waals surface area contributed by atoms with Crippen LogP contribution in [-0.2, 0) is 25.6 Å². The van der Waals surface area contributed by atoms with Crippen LogP contribution in [0.15, 0.2) is 53.3 Å². The molecule has 3 aliphatic carbocycles. The number of primary amides is 1. The van der Waals surface area contributed by atoms with Gasteiger partial charge in [-0.1, -0.05) is 18.2 Å². The van der Waals surface area contributed by atoms with Gasteiger partial charge in [0.1, 0.15) is 22.8 Å². The molecule has 0 aromatic heterocycles. The highest BCUT2D eigenvalue weighted by Gasteiger charge is 2.64. The van der Waals surface area contributed by atoms with E-state index in [0.717, 1.165) is 0 Å². The van der Waals surface area contributed by atoms with E-state index in [0.29, 0.717) is 22.4 Å². The fraction of sp³-hybridized carbons (Fsp3) is 0.310. The summed E-state index contributed by atoms with van der Waals surface area (Å²) < 4.78 is 0. The van der Waals surface area contributed by atoms with E-state index < -0.39 is 58.0 Å². The Kier molecular flexibility index (Phi) is 6.31. The molecular formula is C29H29N3O8. The van der Waals surface area contributed by atoms with Crippen molar-refractivity contribution in [2.75, 3.05) is 19.4 Å². The molecule has 11 heteroatoms. The van der Waals surface area contributed by atoms with Crippen LogP contribution in [0.2, 0.25) is 0 Å². The van der Waals surface area contributed by atoms with Crippen LogP contribution in [0.1, 0.15) is 24.5 Å². The number of nitrogens with two attached hydrogens (primary N) is 1. The van der Waals surface area contributed by atoms with Crippen LogP contribution in [0.25, 0.3) is 16.9 Å². The van der Waals surface area contributed by atoms with Crippen LogP contribution < -0.4 is 11.1 Å². The van der Waals surface area contributed by atoms with Gasteiger partial charge >= 0.3 is 0 Å². The van der Waals surface area contributed by atoms with Gasteiger partial charge in [0.05, 0.1) is 11.6 Å². The molecule has 7 N–H and O–H groups in total. The number of nitrogens with zero attached hydrogens (tertiary/aromatic N) is 1. The van der Waals surface area contributed by atoms with Crippen LogP contribution in [0.3, 0.4) is 0 Å². The summed E-state index contributed by atoms with van der Waals surface area (Å²) in [4.78, 5) is 52.3. The molecule has 0 unspecified atom stereocenters. The standard InChI is InChI=1S/C29H29N3O8/c1-12(33)31-15-6-4-5-13(9-15)16-7-8-19(34)21-17(16)10-14-11-18-23(32(2)3)25(36)22(28(30)39)27(38)29(18,40)26(37)20(14)24(21)35/h4-9,14,18,23,34-35,38,40H,10-11H2,1-3H3,(H2,30,39)(H,31,33)/t14-,18-,23-,29-/m0/s1. The number of anilines is 1. The van der Waals surface area contributed by atoms with Gasteiger partial charge in [0.2, 0.25) is 11.7 Å². The maximum Gasteiger partial charge on any atom is 0.255 e. The molecule has 3 aliphatic rings. The second kappa shape index (κ2) is 9.32. The molecule has 208 valence electrons. The van der Waals surface area contributed by atoms with E-state index in [2.05, 4.69) is 5.32 Å². The fourth-order valence-electron chi connectivity index (χ4n) is 6.48. The van der Waals surface area contributed by atoms with Crippen LogP contribution in [0.4, 0.5) is 5.69 Å². The normalized spacial score (nSPS) is 25.9. The Morgan fingerprint density at radius 2 is 1.80 bits per heavy atom. The molecule has 1 fully saturated rings. The number of rotatable bonds is 4. The topological polar surface area (TPSA) is 190 Å². The first-order valence-electron chi connectivity index (χ1n) is 12.7. The summed E-state index contributed by atoms with van der Waals surface area (Å²) in [7, 11) is 3.09. The molecule has 0 aliphatic heterocycles. The Morgan fingerprint density at radius 1 is 1.10 bits per heavy atom. The number of hydrogen-bond acceptors (Lipinski definition) is 9. The summed E-state index contributed by atoms with van der Waals surface area (Å²) in [5, 5.41) is 47.5. The lowest BCUT2D eigenvalue weighted by Gasteiger charge is -2.50. The first-order valence-corrected chi connectivity index (χ1v) is 12.7. The Hall–Kier alpha value is -4.48. The molecule has 1 saturated carbocycles. The van der Waals surface area contributed by atoms with Crippen LogP contribution in [0, 0.1) is 11.8 Å². The monoisotopic (exact) mass is 547 g/mol. The predicted octanol–water partition coefficient (Wildman–Crippen LogP) is 1.59. The van der Waals surface area contributed by atoms with Crippen molar-refractivity contribution in [3.05, 3.63) is 64.4 Å². The van der Waals surface area contributed by atoms with Crippen molar-refractivity contribution in [1.29, 1.82) is 0 Å². The third-order valence-electron chi connectivity index (χ3n) is 8.10. The summed E-state index contributed by atoms with van der Waals surface area (Å²) in [6.45, 7) is 1.39. The van der Waals surface area contributed by atoms with Crippen molar-refractivity contribution in [2.24, 2.45) is 17.6 Å². The molecule has 0 bridgehead atoms. The van der Waals surface area contributed by atoms with E-state index in [4.69, 9.17) is 5.73 Å². The average Bonchev–Trinajstić information content (AvgIpc) is 2.85. The summed E-state index contributed by atoms with van der Waals surface area (Å²) >= 11 is 0. The number of ketones is 2. The number of benzene rings is 2. The SMILES string of the molecule is CC(=O)Nc1cccc(-c2ccc(O)c3c2C[C@H]2C[C@H]4[C@H](N(C)C)C(=O)C(C(N)=O)=C(O)[C@@]4(O)C(=O)C2=C3O)c1. The zero-order valence-corrected chi connectivity index (χ0v) is 22.1. The zero-order valence-electron chi connectivity index (χ0n) is 22.1. The minimum absolute atomic E-state index is 0.00119. The van der Waals surface area contributed by atoms with Crippen molar-refractivity contribution >= 4 is 34.8 Å². The lowest BCUT2D eigenvalue weighted by Crippen LogP contribution is -2.65. The highest BCUT2D eigenvalue weighted by molar-refractivity contribution is 6.24. The van der Waals surface area contributed by atoms with Gasteiger partial charge in [-0.15, -0.1) is 0 Å². The molecule has 0 heterocycles. The molecule has 40 heavy (non-hydrogen) atoms. The Labute approximate surface area is 229 Å². The van der Waals surface area contributed by atoms with E-state index in [1.165, 1.54) is 17.9 Å². The Morgan fingerprint density at radius 3 is 2.42 bits per heavy atom. The van der Waals surface area contributed by atoms with E-state index in [1.807, 2.05) is 0 Å². The molecular weight excluding hydrogens is 518 g/mol. The summed E-state index contributed by atoms with van der Waals surface area (Å²) in [5.74, 6) is -7.25. The third kappa shape index (κ3) is 3.81. The van der Waals surface area contributed by atoms with Gasteiger partial charge < -0.3 is 31.5 Å². The first-order chi connectivity index (χ1) is 18.8. The minimum Gasteiger partial charge on any atom is -0.508 e. The first kappa shape index (κ1) is 27.1. The van der Waals surface area contributed by atoms with Crippen molar-refractivity contribution in [3.63, 3.8) is 0 Å². The molecule has 0 spiro atoms. The number of Topliss-reactive ketones (excluding diaryl/α,β-unsaturated/α-hetero) is 2. The van der Waals surface area contributed by atoms with E-state index in [-0.39, 0.29) is 35.6 Å². The van der Waals surface area contributed by atoms with Crippen LogP contribution in [-0.4, -0.2) is 74.4 Å². The highest BCUT2D eigenvalue weighted by atomic mass is 16.3. The smallest absolute Gasteiger partial charge is 0.255 e. The van der Waals surface area contributed by atoms with Crippen molar-refractivity contribution in [2.45, 2.75) is 31.4 Å². The predicted molar refractivity (Wildman–Crippen MR) is 144 cm³/mol. The van der Waals surface area contributed by atoms with Gasteiger partial charge in [0, 0.05) is 24.1 Å². The second-order valence-electron chi connectivity index (χ2n) is 10.7. The molecule has 4 atom stereocenters. The lowest BCUT2D eigenvalue weighted by atomic mass is 9.57. The largest absolute Gasteiger partial charge is 0.508 e. The van der Waals surface area contributed by atoms with Crippen molar-refractivity contribution in [3.8, 4) is 16.9 Å². The number of phenolic OH excluding ortho intramolecular Hbond substituents is 1. The molecule has 0 saturated heterocycles. The number of carbonyl (C=O) groups is 4. The molecule has 0 radical (unpaired) electrons. The van der Waals surface area contributed by atoms with Gasteiger partial charge in [-0.3, -0.25) is 24.1 Å². The van der Waals surface area contributed by atoms with E-state index in [1.54, 1.807) is 44.4 Å². The third-order valence-corrected chi connectivity index (χ3v) is 8.10. The van der Waals surface area contributed by atoms with Gasteiger partial charge in [0.25, 0.3) is 5.91 Å². The number of hydrogen-bond donors (Lipinski definition) is 6. The van der Waals surface area contributed by atoms with Crippen molar-refractivity contribution in [1.82, 2.24) is 4.90 Å². The summed E-state index contributed by atoms with van der Waals surface area (Å²) in [6.07, 6.45) is 0.148. The minimum atomic E-state index is -2.69. The second-order valence-corrected chi connectivity index (χ2v) is 10.7. The van der Waals surface area contributed by atoms with Crippen LogP contribution >= 0.6 is 0 Å². The number of amides is 2. The number of carbonyl (C=O) groups excluding carboxylic acids is 4. The maximum atomic E-state index is 13.9. The maximum absolute atomic E-state index is 13.9. The summed E-state index contributed by atoms with van der Waals surface area (Å²) in [6, 6.07) is 8.88. The molecule has 2 aromatic rings. The number of nitrogens with one attached hydrogen (secondary N) is 1. The van der Waals surface area contributed by atoms with Gasteiger partial charge in [-0.2, -0.15) is 0 Å².